The van der Waals surface area contributed by atoms with Crippen LogP contribution in [0.4, 0.5) is 16.2 Å². The van der Waals surface area contributed by atoms with Crippen molar-refractivity contribution in [2.45, 2.75) is 25.7 Å². The molecule has 3 aromatic rings. The Balaban J connectivity index is 1.28. The Kier molecular flexibility index (Phi) is 6.35. The summed E-state index contributed by atoms with van der Waals surface area (Å²) in [7, 11) is 0. The zero-order valence-electron chi connectivity index (χ0n) is 16.6. The quantitative estimate of drug-likeness (QED) is 0.633. The van der Waals surface area contributed by atoms with Crippen LogP contribution in [0.2, 0.25) is 0 Å². The van der Waals surface area contributed by atoms with Crippen molar-refractivity contribution in [1.29, 1.82) is 0 Å². The Morgan fingerprint density at radius 3 is 2.52 bits per heavy atom. The molecule has 29 heavy (non-hydrogen) atoms. The molecule has 0 saturated carbocycles. The molecule has 0 spiro atoms. The molecular weight excluding hydrogens is 363 g/mol. The Labute approximate surface area is 171 Å². The first kappa shape index (κ1) is 19.4. The average Bonchev–Trinajstić information content (AvgIpc) is 2.77. The van der Waals surface area contributed by atoms with Gasteiger partial charge in [0.2, 0.25) is 5.95 Å². The van der Waals surface area contributed by atoms with Crippen LogP contribution in [-0.4, -0.2) is 29.6 Å². The number of piperidine rings is 1. The molecule has 1 aliphatic rings. The third-order valence-electron chi connectivity index (χ3n) is 5.58. The molecule has 5 heteroatoms. The topological polar surface area (TPSA) is 41.1 Å². The third-order valence-corrected chi connectivity index (χ3v) is 5.58. The summed E-state index contributed by atoms with van der Waals surface area (Å²) in [6.07, 6.45) is 5.90. The monoisotopic (exact) mass is 390 g/mol. The molecule has 1 N–H and O–H groups in total. The van der Waals surface area contributed by atoms with E-state index in [1.54, 1.807) is 12.3 Å². The molecule has 2 aromatic carbocycles. The van der Waals surface area contributed by atoms with Crippen LogP contribution >= 0.6 is 0 Å². The summed E-state index contributed by atoms with van der Waals surface area (Å²) in [4.78, 5) is 11.3. The molecule has 2 heterocycles. The number of rotatable bonds is 7. The lowest BCUT2D eigenvalue weighted by Gasteiger charge is -2.33. The molecule has 1 aliphatic heterocycles. The summed E-state index contributed by atoms with van der Waals surface area (Å²) in [5.74, 6) is 2.13. The lowest BCUT2D eigenvalue weighted by atomic mass is 9.90. The first-order valence-electron chi connectivity index (χ1n) is 10.4. The number of hydrogen-bond donors (Lipinski definition) is 1. The molecule has 4 rings (SSSR count). The molecule has 0 atom stereocenters. The smallest absolute Gasteiger partial charge is 0.224 e. The lowest BCUT2D eigenvalue weighted by molar-refractivity contribution is 0.402. The van der Waals surface area contributed by atoms with Gasteiger partial charge < -0.3 is 10.2 Å². The summed E-state index contributed by atoms with van der Waals surface area (Å²) < 4.78 is 13.7. The Bertz CT molecular complexity index is 908. The van der Waals surface area contributed by atoms with Crippen LogP contribution in [0.15, 0.2) is 66.9 Å². The first-order valence-corrected chi connectivity index (χ1v) is 10.4. The molecule has 150 valence electrons. The maximum absolute atomic E-state index is 13.7. The molecule has 0 radical (unpaired) electrons. The van der Waals surface area contributed by atoms with Gasteiger partial charge in [-0.25, -0.2) is 9.37 Å². The van der Waals surface area contributed by atoms with Gasteiger partial charge in [0.15, 0.2) is 0 Å². The lowest BCUT2D eigenvalue weighted by Crippen LogP contribution is -2.35. The highest BCUT2D eigenvalue weighted by atomic mass is 19.1. The fraction of sp³-hybridized carbons (Fsp3) is 0.333. The SMILES string of the molecule is Fc1ccccc1CCNc1nccc(N2CCC(Cc3ccccc3)CC2)n1. The van der Waals surface area contributed by atoms with Crippen molar-refractivity contribution in [3.63, 3.8) is 0 Å². The van der Waals surface area contributed by atoms with Crippen molar-refractivity contribution in [3.05, 3.63) is 83.8 Å². The molecule has 0 amide bonds. The Morgan fingerprint density at radius 1 is 0.966 bits per heavy atom. The van der Waals surface area contributed by atoms with Crippen molar-refractivity contribution in [3.8, 4) is 0 Å². The van der Waals surface area contributed by atoms with Crippen LogP contribution in [-0.2, 0) is 12.8 Å². The van der Waals surface area contributed by atoms with Crippen LogP contribution < -0.4 is 10.2 Å². The predicted octanol–water partition coefficient (Wildman–Crippen LogP) is 4.73. The van der Waals surface area contributed by atoms with E-state index in [-0.39, 0.29) is 5.82 Å². The van der Waals surface area contributed by atoms with Gasteiger partial charge in [-0.2, -0.15) is 4.98 Å². The van der Waals surface area contributed by atoms with Crippen LogP contribution in [0.3, 0.4) is 0 Å². The van der Waals surface area contributed by atoms with E-state index in [0.717, 1.165) is 31.2 Å². The van der Waals surface area contributed by atoms with Gasteiger partial charge >= 0.3 is 0 Å². The third kappa shape index (κ3) is 5.31. The minimum absolute atomic E-state index is 0.164. The van der Waals surface area contributed by atoms with Crippen LogP contribution in [0.25, 0.3) is 0 Å². The fourth-order valence-corrected chi connectivity index (χ4v) is 3.93. The van der Waals surface area contributed by atoms with Crippen molar-refractivity contribution >= 4 is 11.8 Å². The van der Waals surface area contributed by atoms with E-state index in [1.165, 1.54) is 24.5 Å². The van der Waals surface area contributed by atoms with Crippen LogP contribution in [0.1, 0.15) is 24.0 Å². The minimum Gasteiger partial charge on any atom is -0.356 e. The Hall–Kier alpha value is -2.95. The predicted molar refractivity (Wildman–Crippen MR) is 116 cm³/mol. The molecule has 4 nitrogen and oxygen atoms in total. The van der Waals surface area contributed by atoms with Gasteiger partial charge in [0, 0.05) is 25.8 Å². The van der Waals surface area contributed by atoms with E-state index in [0.29, 0.717) is 24.5 Å². The van der Waals surface area contributed by atoms with Gasteiger partial charge in [-0.15, -0.1) is 0 Å². The highest BCUT2D eigenvalue weighted by molar-refractivity contribution is 5.43. The Morgan fingerprint density at radius 2 is 1.72 bits per heavy atom. The number of hydrogen-bond acceptors (Lipinski definition) is 4. The van der Waals surface area contributed by atoms with E-state index in [9.17, 15) is 4.39 Å². The molecule has 0 aliphatic carbocycles. The van der Waals surface area contributed by atoms with Gasteiger partial charge in [-0.05, 0) is 54.9 Å². The highest BCUT2D eigenvalue weighted by Crippen LogP contribution is 2.25. The number of benzene rings is 2. The van der Waals surface area contributed by atoms with Crippen LogP contribution in [0, 0.1) is 11.7 Å². The minimum atomic E-state index is -0.164. The summed E-state index contributed by atoms with van der Waals surface area (Å²) >= 11 is 0. The highest BCUT2D eigenvalue weighted by Gasteiger charge is 2.20. The molecule has 1 fully saturated rings. The molecule has 1 aromatic heterocycles. The number of nitrogens with one attached hydrogen (secondary N) is 1. The van der Waals surface area contributed by atoms with Crippen molar-refractivity contribution in [1.82, 2.24) is 9.97 Å². The normalized spacial score (nSPS) is 14.7. The standard InChI is InChI=1S/C24H27FN4/c25-22-9-5-4-8-21(22)10-14-26-24-27-15-11-23(28-24)29-16-12-20(13-17-29)18-19-6-2-1-3-7-19/h1-9,11,15,20H,10,12-14,16-18H2,(H,26,27,28). The molecule has 0 bridgehead atoms. The summed E-state index contributed by atoms with van der Waals surface area (Å²) in [5.41, 5.74) is 2.13. The van der Waals surface area contributed by atoms with Gasteiger partial charge in [0.25, 0.3) is 0 Å². The van der Waals surface area contributed by atoms with E-state index in [4.69, 9.17) is 0 Å². The molecular formula is C24H27FN4. The van der Waals surface area contributed by atoms with Crippen molar-refractivity contribution in [2.24, 2.45) is 5.92 Å². The first-order chi connectivity index (χ1) is 14.3. The van der Waals surface area contributed by atoms with E-state index < -0.39 is 0 Å². The zero-order valence-corrected chi connectivity index (χ0v) is 16.6. The maximum atomic E-state index is 13.7. The number of halogens is 1. The summed E-state index contributed by atoms with van der Waals surface area (Å²) in [6.45, 7) is 2.63. The summed E-state index contributed by atoms with van der Waals surface area (Å²) in [5, 5.41) is 3.23. The van der Waals surface area contributed by atoms with Gasteiger partial charge in [-0.1, -0.05) is 48.5 Å². The second kappa shape index (κ2) is 9.50. The van der Waals surface area contributed by atoms with Crippen LogP contribution in [0.5, 0.6) is 0 Å². The van der Waals surface area contributed by atoms with Gasteiger partial charge in [0.05, 0.1) is 0 Å². The van der Waals surface area contributed by atoms with Gasteiger partial charge in [0.1, 0.15) is 11.6 Å². The fourth-order valence-electron chi connectivity index (χ4n) is 3.93. The average molecular weight is 391 g/mol. The zero-order chi connectivity index (χ0) is 19.9. The van der Waals surface area contributed by atoms with E-state index in [2.05, 4.69) is 50.5 Å². The van der Waals surface area contributed by atoms with Crippen molar-refractivity contribution < 1.29 is 4.39 Å². The molecule has 1 saturated heterocycles. The molecule has 0 unspecified atom stereocenters. The second-order valence-electron chi connectivity index (χ2n) is 7.63. The number of nitrogens with zero attached hydrogens (tertiary/aromatic N) is 3. The number of aromatic nitrogens is 2. The second-order valence-corrected chi connectivity index (χ2v) is 7.63. The van der Waals surface area contributed by atoms with Gasteiger partial charge in [-0.3, -0.25) is 0 Å². The summed E-state index contributed by atoms with van der Waals surface area (Å²) in [6, 6.07) is 19.6. The number of anilines is 2. The maximum Gasteiger partial charge on any atom is 0.224 e. The van der Waals surface area contributed by atoms with Crippen molar-refractivity contribution in [2.75, 3.05) is 29.9 Å². The van der Waals surface area contributed by atoms with E-state index in [1.807, 2.05) is 18.2 Å². The largest absolute Gasteiger partial charge is 0.356 e. The van der Waals surface area contributed by atoms with E-state index >= 15 is 0 Å².